The summed E-state index contributed by atoms with van der Waals surface area (Å²) in [5.74, 6) is 1.97. The first kappa shape index (κ1) is 31.8. The molecule has 0 aliphatic carbocycles. The summed E-state index contributed by atoms with van der Waals surface area (Å²) in [6.07, 6.45) is -2.82. The maximum absolute atomic E-state index is 12.8. The van der Waals surface area contributed by atoms with Gasteiger partial charge >= 0.3 is 12.4 Å². The second kappa shape index (κ2) is 13.6. The number of benzene rings is 3. The number of anilines is 1. The molecule has 1 fully saturated rings. The summed E-state index contributed by atoms with van der Waals surface area (Å²) in [6.45, 7) is 6.78. The molecule has 45 heavy (non-hydrogen) atoms. The van der Waals surface area contributed by atoms with Gasteiger partial charge in [-0.1, -0.05) is 55.9 Å². The third-order valence-electron chi connectivity index (χ3n) is 6.90. The van der Waals surface area contributed by atoms with Crippen LogP contribution in [0.1, 0.15) is 37.8 Å². The number of rotatable bonds is 8. The molecule has 0 unspecified atom stereocenters. The average Bonchev–Trinajstić information content (AvgIpc) is 3.67. The van der Waals surface area contributed by atoms with Gasteiger partial charge in [0.2, 0.25) is 0 Å². The largest absolute Gasteiger partial charge is 0.573 e. The van der Waals surface area contributed by atoms with E-state index in [0.29, 0.717) is 28.8 Å². The molecule has 0 bridgehead atoms. The van der Waals surface area contributed by atoms with Crippen molar-refractivity contribution in [1.29, 1.82) is 0 Å². The molecule has 5 rings (SSSR count). The van der Waals surface area contributed by atoms with Crippen molar-refractivity contribution in [2.45, 2.75) is 39.5 Å². The Morgan fingerprint density at radius 3 is 2.42 bits per heavy atom. The molecule has 2 heterocycles. The SMILES string of the molecule is COc1ccc(C(C)C)c(N2CCSC2=NC(=O)N=C(C)Cc2ccc(-c3ncn(-c4ccc(OC(F)(F)F)cc4)n3)cc2)c1. The highest BCUT2D eigenvalue weighted by molar-refractivity contribution is 8.14. The van der Waals surface area contributed by atoms with E-state index in [1.807, 2.05) is 36.4 Å². The lowest BCUT2D eigenvalue weighted by molar-refractivity contribution is -0.274. The van der Waals surface area contributed by atoms with Gasteiger partial charge in [0, 0.05) is 41.7 Å². The monoisotopic (exact) mass is 636 g/mol. The lowest BCUT2D eigenvalue weighted by Gasteiger charge is -2.23. The van der Waals surface area contributed by atoms with Gasteiger partial charge in [-0.3, -0.25) is 0 Å². The van der Waals surface area contributed by atoms with Gasteiger partial charge in [-0.25, -0.2) is 19.5 Å². The molecule has 234 valence electrons. The second-order valence-corrected chi connectivity index (χ2v) is 11.6. The second-order valence-electron chi connectivity index (χ2n) is 10.5. The van der Waals surface area contributed by atoms with Crippen LogP contribution in [0.3, 0.4) is 0 Å². The number of thioether (sulfide) groups is 1. The number of nitrogens with zero attached hydrogens (tertiary/aromatic N) is 6. The zero-order valence-corrected chi connectivity index (χ0v) is 25.9. The van der Waals surface area contributed by atoms with E-state index < -0.39 is 12.4 Å². The molecule has 1 aliphatic rings. The lowest BCUT2D eigenvalue weighted by Crippen LogP contribution is -2.26. The summed E-state index contributed by atoms with van der Waals surface area (Å²) in [4.78, 5) is 27.8. The smallest absolute Gasteiger partial charge is 0.497 e. The Morgan fingerprint density at radius 1 is 1.04 bits per heavy atom. The van der Waals surface area contributed by atoms with Crippen LogP contribution >= 0.6 is 11.8 Å². The van der Waals surface area contributed by atoms with Crippen LogP contribution in [-0.2, 0) is 6.42 Å². The highest BCUT2D eigenvalue weighted by Crippen LogP contribution is 2.35. The molecule has 1 saturated heterocycles. The van der Waals surface area contributed by atoms with E-state index in [4.69, 9.17) is 4.74 Å². The number of methoxy groups -OCH3 is 1. The molecular weight excluding hydrogens is 605 g/mol. The molecule has 13 heteroatoms. The topological polar surface area (TPSA) is 94.2 Å². The number of carbonyl (C=O) groups is 1. The van der Waals surface area contributed by atoms with Crippen molar-refractivity contribution in [2.24, 2.45) is 9.98 Å². The zero-order valence-electron chi connectivity index (χ0n) is 25.1. The van der Waals surface area contributed by atoms with Crippen molar-refractivity contribution in [3.63, 3.8) is 0 Å². The summed E-state index contributed by atoms with van der Waals surface area (Å²) in [7, 11) is 1.63. The van der Waals surface area contributed by atoms with Crippen LogP contribution in [-0.4, -0.2) is 57.4 Å². The summed E-state index contributed by atoms with van der Waals surface area (Å²) >= 11 is 1.53. The summed E-state index contributed by atoms with van der Waals surface area (Å²) in [5.41, 5.74) is 4.98. The van der Waals surface area contributed by atoms with Crippen LogP contribution in [0.15, 0.2) is 83.0 Å². The molecule has 1 aromatic heterocycles. The van der Waals surface area contributed by atoms with E-state index in [1.165, 1.54) is 47.0 Å². The third kappa shape index (κ3) is 8.09. The first-order valence-corrected chi connectivity index (χ1v) is 15.1. The van der Waals surface area contributed by atoms with Crippen LogP contribution in [0.5, 0.6) is 11.5 Å². The maximum atomic E-state index is 12.8. The van der Waals surface area contributed by atoms with Crippen LogP contribution in [0, 0.1) is 0 Å². The molecule has 0 saturated carbocycles. The number of aliphatic imine (C=N–C) groups is 2. The van der Waals surface area contributed by atoms with E-state index in [0.717, 1.165) is 40.4 Å². The molecule has 9 nitrogen and oxygen atoms in total. The Hall–Kier alpha value is -4.65. The number of alkyl halides is 3. The van der Waals surface area contributed by atoms with E-state index in [1.54, 1.807) is 14.0 Å². The first-order chi connectivity index (χ1) is 21.5. The minimum Gasteiger partial charge on any atom is -0.497 e. The van der Waals surface area contributed by atoms with E-state index >= 15 is 0 Å². The van der Waals surface area contributed by atoms with Crippen molar-refractivity contribution < 1.29 is 27.4 Å². The molecule has 0 atom stereocenters. The predicted octanol–water partition coefficient (Wildman–Crippen LogP) is 7.70. The molecule has 4 aromatic rings. The standard InChI is InChI=1S/C32H31F3N6O3S/c1-20(2)27-14-13-26(43-4)18-28(27)40-15-16-45-31(40)38-30(42)37-21(3)17-22-5-7-23(8-6-22)29-36-19-41(39-29)24-9-11-25(12-10-24)44-32(33,34)35/h5-14,18-20H,15-17H2,1-4H3. The zero-order chi connectivity index (χ0) is 32.1. The first-order valence-electron chi connectivity index (χ1n) is 14.1. The van der Waals surface area contributed by atoms with Gasteiger partial charge < -0.3 is 14.4 Å². The Morgan fingerprint density at radius 2 is 1.76 bits per heavy atom. The molecule has 0 N–H and O–H groups in total. The van der Waals surface area contributed by atoms with Gasteiger partial charge in [-0.2, -0.15) is 4.99 Å². The molecule has 1 aliphatic heterocycles. The lowest BCUT2D eigenvalue weighted by atomic mass is 10.00. The van der Waals surface area contributed by atoms with Crippen molar-refractivity contribution in [1.82, 2.24) is 14.8 Å². The van der Waals surface area contributed by atoms with Gasteiger partial charge in [0.15, 0.2) is 11.0 Å². The number of amidine groups is 1. The number of carbonyl (C=O) groups excluding carboxylic acids is 1. The average molecular weight is 637 g/mol. The Bertz CT molecular complexity index is 1720. The van der Waals surface area contributed by atoms with Crippen molar-refractivity contribution >= 4 is 34.4 Å². The minimum absolute atomic E-state index is 0.286. The maximum Gasteiger partial charge on any atom is 0.573 e. The Balaban J connectivity index is 1.23. The highest BCUT2D eigenvalue weighted by Gasteiger charge is 2.31. The fourth-order valence-electron chi connectivity index (χ4n) is 4.79. The number of halogens is 3. The van der Waals surface area contributed by atoms with Crippen molar-refractivity contribution in [2.75, 3.05) is 24.3 Å². The number of aromatic nitrogens is 3. The number of urea groups is 1. The third-order valence-corrected chi connectivity index (χ3v) is 7.86. The minimum atomic E-state index is -4.76. The van der Waals surface area contributed by atoms with Crippen molar-refractivity contribution in [3.05, 3.63) is 84.2 Å². The Kier molecular flexibility index (Phi) is 9.57. The summed E-state index contributed by atoms with van der Waals surface area (Å²) in [6, 6.07) is 18.3. The number of ether oxygens (including phenoxy) is 2. The number of amides is 2. The van der Waals surface area contributed by atoms with Gasteiger partial charge in [-0.15, -0.1) is 18.3 Å². The van der Waals surface area contributed by atoms with Crippen LogP contribution in [0.25, 0.3) is 17.1 Å². The predicted molar refractivity (Wildman–Crippen MR) is 170 cm³/mol. The van der Waals surface area contributed by atoms with Crippen molar-refractivity contribution in [3.8, 4) is 28.6 Å². The molecule has 0 radical (unpaired) electrons. The molecule has 0 spiro atoms. The molecule has 2 amide bonds. The van der Waals surface area contributed by atoms with Crippen LogP contribution < -0.4 is 14.4 Å². The number of hydrogen-bond acceptors (Lipinski definition) is 6. The summed E-state index contributed by atoms with van der Waals surface area (Å²) in [5, 5.41) is 5.05. The fraction of sp³-hybridized carbons (Fsp3) is 0.281. The fourth-order valence-corrected chi connectivity index (χ4v) is 5.73. The van der Waals surface area contributed by atoms with Gasteiger partial charge in [0.1, 0.15) is 17.8 Å². The van der Waals surface area contributed by atoms with Gasteiger partial charge in [-0.05, 0) is 54.3 Å². The quantitative estimate of drug-likeness (QED) is 0.183. The van der Waals surface area contributed by atoms with E-state index in [2.05, 4.69) is 49.6 Å². The molecule has 3 aromatic carbocycles. The van der Waals surface area contributed by atoms with Crippen LogP contribution in [0.2, 0.25) is 0 Å². The summed E-state index contributed by atoms with van der Waals surface area (Å²) < 4.78 is 48.1. The van der Waals surface area contributed by atoms with Gasteiger partial charge in [0.05, 0.1) is 12.8 Å². The van der Waals surface area contributed by atoms with E-state index in [-0.39, 0.29) is 11.7 Å². The molecular formula is C32H31F3N6O3S. The van der Waals surface area contributed by atoms with E-state index in [9.17, 15) is 18.0 Å². The highest BCUT2D eigenvalue weighted by atomic mass is 32.2. The number of hydrogen-bond donors (Lipinski definition) is 0. The van der Waals surface area contributed by atoms with Crippen LogP contribution in [0.4, 0.5) is 23.7 Å². The normalized spacial score (nSPS) is 14.8. The van der Waals surface area contributed by atoms with Gasteiger partial charge in [0.25, 0.3) is 0 Å². The Labute approximate surface area is 262 Å².